The van der Waals surface area contributed by atoms with E-state index in [1.807, 2.05) is 13.0 Å². The van der Waals surface area contributed by atoms with Gasteiger partial charge in [-0.2, -0.15) is 5.10 Å². The van der Waals surface area contributed by atoms with E-state index in [9.17, 15) is 13.2 Å². The minimum absolute atomic E-state index is 0.0988. The van der Waals surface area contributed by atoms with E-state index in [-0.39, 0.29) is 4.90 Å². The molecule has 0 unspecified atom stereocenters. The van der Waals surface area contributed by atoms with Gasteiger partial charge in [0.15, 0.2) is 0 Å². The first-order valence-electron chi connectivity index (χ1n) is 9.08. The highest BCUT2D eigenvalue weighted by molar-refractivity contribution is 7.92. The SMILES string of the molecule is Cc1cccc(N(CC(=O)N/N=C\c2cccc(Cl)c2)S(=O)(=O)c2ccccc2)c1. The van der Waals surface area contributed by atoms with Gasteiger partial charge in [0, 0.05) is 5.02 Å². The summed E-state index contributed by atoms with van der Waals surface area (Å²) in [4.78, 5) is 12.6. The zero-order valence-corrected chi connectivity index (χ0v) is 17.8. The number of halogens is 1. The maximum Gasteiger partial charge on any atom is 0.264 e. The number of rotatable bonds is 7. The Labute approximate surface area is 180 Å². The highest BCUT2D eigenvalue weighted by atomic mass is 35.5. The summed E-state index contributed by atoms with van der Waals surface area (Å²) in [6.07, 6.45) is 1.44. The summed E-state index contributed by atoms with van der Waals surface area (Å²) >= 11 is 5.92. The molecule has 30 heavy (non-hydrogen) atoms. The number of carbonyl (C=O) groups excluding carboxylic acids is 1. The van der Waals surface area contributed by atoms with Crippen molar-refractivity contribution in [2.75, 3.05) is 10.8 Å². The van der Waals surface area contributed by atoms with Gasteiger partial charge in [-0.25, -0.2) is 13.8 Å². The van der Waals surface area contributed by atoms with Crippen LogP contribution in [0.1, 0.15) is 11.1 Å². The van der Waals surface area contributed by atoms with Crippen LogP contribution >= 0.6 is 11.6 Å². The fourth-order valence-corrected chi connectivity index (χ4v) is 4.38. The lowest BCUT2D eigenvalue weighted by molar-refractivity contribution is -0.119. The third-order valence-corrected chi connectivity index (χ3v) is 6.18. The number of aryl methyl sites for hydroxylation is 1. The summed E-state index contributed by atoms with van der Waals surface area (Å²) < 4.78 is 27.5. The molecule has 0 fully saturated rings. The predicted molar refractivity (Wildman–Crippen MR) is 119 cm³/mol. The lowest BCUT2D eigenvalue weighted by Crippen LogP contribution is -2.39. The molecule has 0 saturated carbocycles. The number of benzene rings is 3. The van der Waals surface area contributed by atoms with Gasteiger partial charge in [0.05, 0.1) is 16.8 Å². The summed E-state index contributed by atoms with van der Waals surface area (Å²) in [5.74, 6) is -0.575. The predicted octanol–water partition coefficient (Wildman–Crippen LogP) is 3.99. The Bertz CT molecular complexity index is 1170. The highest BCUT2D eigenvalue weighted by Gasteiger charge is 2.27. The van der Waals surface area contributed by atoms with Gasteiger partial charge in [0.2, 0.25) is 0 Å². The van der Waals surface area contributed by atoms with Crippen molar-refractivity contribution in [3.8, 4) is 0 Å². The van der Waals surface area contributed by atoms with Crippen molar-refractivity contribution in [2.24, 2.45) is 5.10 Å². The maximum absolute atomic E-state index is 13.2. The third-order valence-electron chi connectivity index (χ3n) is 4.16. The van der Waals surface area contributed by atoms with Crippen LogP contribution in [0.15, 0.2) is 88.9 Å². The van der Waals surface area contributed by atoms with E-state index in [1.54, 1.807) is 60.7 Å². The Morgan fingerprint density at radius 1 is 1.03 bits per heavy atom. The van der Waals surface area contributed by atoms with Crippen LogP contribution in [0, 0.1) is 6.92 Å². The van der Waals surface area contributed by atoms with Crippen LogP contribution in [0.4, 0.5) is 5.69 Å². The van der Waals surface area contributed by atoms with Crippen LogP contribution in [0.2, 0.25) is 5.02 Å². The fraction of sp³-hybridized carbons (Fsp3) is 0.0909. The molecular formula is C22H20ClN3O3S. The largest absolute Gasteiger partial charge is 0.271 e. The fourth-order valence-electron chi connectivity index (χ4n) is 2.75. The van der Waals surface area contributed by atoms with Crippen molar-refractivity contribution in [1.82, 2.24) is 5.43 Å². The van der Waals surface area contributed by atoms with E-state index in [2.05, 4.69) is 10.5 Å². The molecule has 0 bridgehead atoms. The number of nitrogens with one attached hydrogen (secondary N) is 1. The molecule has 0 aromatic heterocycles. The van der Waals surface area contributed by atoms with Crippen LogP contribution in [-0.2, 0) is 14.8 Å². The van der Waals surface area contributed by atoms with Gasteiger partial charge in [0.1, 0.15) is 6.54 Å². The van der Waals surface area contributed by atoms with Crippen molar-refractivity contribution < 1.29 is 13.2 Å². The summed E-state index contributed by atoms with van der Waals surface area (Å²) in [6.45, 7) is 1.43. The average molecular weight is 442 g/mol. The quantitative estimate of drug-likeness (QED) is 0.444. The molecule has 1 amide bonds. The van der Waals surface area contributed by atoms with Crippen LogP contribution in [0.5, 0.6) is 0 Å². The summed E-state index contributed by atoms with van der Waals surface area (Å²) in [6, 6.07) is 21.9. The minimum Gasteiger partial charge on any atom is -0.271 e. The Balaban J connectivity index is 1.83. The Morgan fingerprint density at radius 2 is 1.77 bits per heavy atom. The third kappa shape index (κ3) is 5.46. The van der Waals surface area contributed by atoms with E-state index >= 15 is 0 Å². The van der Waals surface area contributed by atoms with Gasteiger partial charge < -0.3 is 0 Å². The van der Waals surface area contributed by atoms with Crippen molar-refractivity contribution in [3.05, 3.63) is 95.0 Å². The van der Waals surface area contributed by atoms with Crippen molar-refractivity contribution in [1.29, 1.82) is 0 Å². The van der Waals surface area contributed by atoms with E-state index in [0.717, 1.165) is 9.87 Å². The molecule has 3 aromatic carbocycles. The smallest absolute Gasteiger partial charge is 0.264 e. The summed E-state index contributed by atoms with van der Waals surface area (Å²) in [5.41, 5.74) is 4.35. The molecule has 8 heteroatoms. The molecule has 0 radical (unpaired) electrons. The van der Waals surface area contributed by atoms with E-state index in [1.165, 1.54) is 18.3 Å². The molecule has 0 spiro atoms. The van der Waals surface area contributed by atoms with Gasteiger partial charge in [0.25, 0.3) is 15.9 Å². The first-order valence-corrected chi connectivity index (χ1v) is 10.9. The van der Waals surface area contributed by atoms with E-state index < -0.39 is 22.5 Å². The topological polar surface area (TPSA) is 78.8 Å². The molecule has 6 nitrogen and oxygen atoms in total. The van der Waals surface area contributed by atoms with Gasteiger partial charge >= 0.3 is 0 Å². The highest BCUT2D eigenvalue weighted by Crippen LogP contribution is 2.24. The van der Waals surface area contributed by atoms with E-state index in [4.69, 9.17) is 11.6 Å². The molecule has 3 aromatic rings. The number of amides is 1. The van der Waals surface area contributed by atoms with Gasteiger partial charge in [-0.05, 0) is 54.4 Å². The molecule has 0 aliphatic rings. The molecular weight excluding hydrogens is 422 g/mol. The number of hydrogen-bond donors (Lipinski definition) is 1. The molecule has 0 atom stereocenters. The Morgan fingerprint density at radius 3 is 2.47 bits per heavy atom. The first-order chi connectivity index (χ1) is 14.4. The average Bonchev–Trinajstić information content (AvgIpc) is 2.72. The second-order valence-corrected chi connectivity index (χ2v) is 8.81. The number of nitrogens with zero attached hydrogens (tertiary/aromatic N) is 2. The first kappa shape index (κ1) is 21.5. The number of anilines is 1. The Hall–Kier alpha value is -3.16. The van der Waals surface area contributed by atoms with Gasteiger partial charge in [-0.1, -0.05) is 54.1 Å². The van der Waals surface area contributed by atoms with Gasteiger partial charge in [-0.3, -0.25) is 9.10 Å². The molecule has 0 saturated heterocycles. The normalized spacial score (nSPS) is 11.4. The summed E-state index contributed by atoms with van der Waals surface area (Å²) in [7, 11) is -3.95. The molecule has 1 N–H and O–H groups in total. The molecule has 0 aliphatic carbocycles. The van der Waals surface area contributed by atoms with Gasteiger partial charge in [-0.15, -0.1) is 0 Å². The monoisotopic (exact) mass is 441 g/mol. The van der Waals surface area contributed by atoms with Crippen LogP contribution in [0.3, 0.4) is 0 Å². The molecule has 0 aliphatic heterocycles. The van der Waals surface area contributed by atoms with Crippen LogP contribution in [0.25, 0.3) is 0 Å². The zero-order chi connectivity index (χ0) is 21.6. The van der Waals surface area contributed by atoms with Crippen molar-refractivity contribution in [3.63, 3.8) is 0 Å². The molecule has 154 valence electrons. The summed E-state index contributed by atoms with van der Waals surface area (Å²) in [5, 5.41) is 4.44. The Kier molecular flexibility index (Phi) is 6.87. The number of hydrogen-bond acceptors (Lipinski definition) is 4. The van der Waals surface area contributed by atoms with Crippen LogP contribution in [-0.4, -0.2) is 27.1 Å². The lowest BCUT2D eigenvalue weighted by Gasteiger charge is -2.24. The van der Waals surface area contributed by atoms with Crippen molar-refractivity contribution in [2.45, 2.75) is 11.8 Å². The second-order valence-electron chi connectivity index (χ2n) is 6.51. The maximum atomic E-state index is 13.2. The van der Waals surface area contributed by atoms with Crippen LogP contribution < -0.4 is 9.73 Å². The zero-order valence-electron chi connectivity index (χ0n) is 16.2. The number of carbonyl (C=O) groups is 1. The second kappa shape index (κ2) is 9.56. The lowest BCUT2D eigenvalue weighted by atomic mass is 10.2. The number of hydrazone groups is 1. The molecule has 3 rings (SSSR count). The standard InChI is InChI=1S/C22H20ClN3O3S/c1-17-7-5-10-20(13-17)26(30(28,29)21-11-3-2-4-12-21)16-22(27)25-24-15-18-8-6-9-19(23)14-18/h2-15H,16H2,1H3,(H,25,27)/b24-15-. The number of sulfonamides is 1. The minimum atomic E-state index is -3.95. The van der Waals surface area contributed by atoms with Crippen molar-refractivity contribution >= 4 is 39.4 Å². The molecule has 0 heterocycles. The van der Waals surface area contributed by atoms with E-state index in [0.29, 0.717) is 16.3 Å².